The Morgan fingerprint density at radius 2 is 1.95 bits per heavy atom. The van der Waals surface area contributed by atoms with Crippen LogP contribution < -0.4 is 10.1 Å². The van der Waals surface area contributed by atoms with Crippen molar-refractivity contribution in [1.82, 2.24) is 9.55 Å². The molecule has 0 spiro atoms. The second-order valence-electron chi connectivity index (χ2n) is 4.14. The van der Waals surface area contributed by atoms with Crippen molar-refractivity contribution in [3.63, 3.8) is 0 Å². The van der Waals surface area contributed by atoms with Crippen LogP contribution in [-0.4, -0.2) is 15.9 Å². The average molecular weight is 285 g/mol. The summed E-state index contributed by atoms with van der Waals surface area (Å²) in [6.45, 7) is 2.87. The highest BCUT2D eigenvalue weighted by Gasteiger charge is 2.30. The fourth-order valence-electron chi connectivity index (χ4n) is 1.72. The number of nitrogens with zero attached hydrogens (tertiary/aromatic N) is 2. The third-order valence-electron chi connectivity index (χ3n) is 2.52. The number of aromatic nitrogens is 2. The average Bonchev–Trinajstić information content (AvgIpc) is 2.78. The molecule has 1 aromatic carbocycles. The van der Waals surface area contributed by atoms with Crippen molar-refractivity contribution in [3.05, 3.63) is 36.7 Å². The van der Waals surface area contributed by atoms with Crippen LogP contribution in [-0.2, 0) is 6.54 Å². The molecule has 0 atom stereocenters. The van der Waals surface area contributed by atoms with E-state index in [2.05, 4.69) is 15.0 Å². The summed E-state index contributed by atoms with van der Waals surface area (Å²) in [7, 11) is 0. The maximum atomic E-state index is 12.0. The van der Waals surface area contributed by atoms with Crippen molar-refractivity contribution in [1.29, 1.82) is 0 Å². The Morgan fingerprint density at radius 3 is 2.55 bits per heavy atom. The molecule has 0 fully saturated rings. The van der Waals surface area contributed by atoms with Gasteiger partial charge in [0.2, 0.25) is 5.95 Å². The van der Waals surface area contributed by atoms with Gasteiger partial charge in [0, 0.05) is 24.6 Å². The van der Waals surface area contributed by atoms with E-state index in [1.807, 2.05) is 17.7 Å². The molecule has 4 nitrogen and oxygen atoms in total. The van der Waals surface area contributed by atoms with E-state index in [1.54, 1.807) is 6.20 Å². The number of alkyl halides is 3. The van der Waals surface area contributed by atoms with Crippen LogP contribution in [0.3, 0.4) is 0 Å². The van der Waals surface area contributed by atoms with E-state index >= 15 is 0 Å². The van der Waals surface area contributed by atoms with Crippen molar-refractivity contribution in [2.24, 2.45) is 0 Å². The molecule has 2 rings (SSSR count). The SMILES string of the molecule is CCCn1ccnc1Nc1ccc(OC(F)(F)F)cc1. The number of ether oxygens (including phenoxy) is 1. The summed E-state index contributed by atoms with van der Waals surface area (Å²) in [5, 5.41) is 3.04. The molecule has 2 aromatic rings. The number of benzene rings is 1. The highest BCUT2D eigenvalue weighted by molar-refractivity contribution is 5.54. The van der Waals surface area contributed by atoms with Crippen LogP contribution in [0, 0.1) is 0 Å². The van der Waals surface area contributed by atoms with Gasteiger partial charge in [0.05, 0.1) is 0 Å². The Kier molecular flexibility index (Phi) is 4.16. The minimum Gasteiger partial charge on any atom is -0.406 e. The lowest BCUT2D eigenvalue weighted by Crippen LogP contribution is -2.17. The molecule has 7 heteroatoms. The second-order valence-corrected chi connectivity index (χ2v) is 4.14. The maximum Gasteiger partial charge on any atom is 0.573 e. The molecule has 0 radical (unpaired) electrons. The van der Waals surface area contributed by atoms with Gasteiger partial charge in [0.15, 0.2) is 0 Å². The summed E-state index contributed by atoms with van der Waals surface area (Å²) in [5.41, 5.74) is 0.642. The monoisotopic (exact) mass is 285 g/mol. The van der Waals surface area contributed by atoms with Gasteiger partial charge in [-0.2, -0.15) is 0 Å². The molecular formula is C13H14F3N3O. The van der Waals surface area contributed by atoms with Crippen LogP contribution in [0.15, 0.2) is 36.7 Å². The molecule has 0 aliphatic carbocycles. The summed E-state index contributed by atoms with van der Waals surface area (Å²) in [6, 6.07) is 5.52. The molecule has 0 aliphatic heterocycles. The minimum atomic E-state index is -4.67. The van der Waals surface area contributed by atoms with E-state index in [4.69, 9.17) is 0 Å². The first-order valence-electron chi connectivity index (χ1n) is 6.12. The third kappa shape index (κ3) is 3.91. The second kappa shape index (κ2) is 5.85. The summed E-state index contributed by atoms with van der Waals surface area (Å²) >= 11 is 0. The molecule has 1 heterocycles. The first-order valence-corrected chi connectivity index (χ1v) is 6.12. The van der Waals surface area contributed by atoms with Crippen LogP contribution >= 0.6 is 0 Å². The molecule has 0 bridgehead atoms. The Bertz CT molecular complexity index is 549. The van der Waals surface area contributed by atoms with Gasteiger partial charge < -0.3 is 14.6 Å². The van der Waals surface area contributed by atoms with Crippen LogP contribution in [0.2, 0.25) is 0 Å². The standard InChI is InChI=1S/C13H14F3N3O/c1-2-8-19-9-7-17-12(19)18-10-3-5-11(6-4-10)20-13(14,15)16/h3-7,9H,2,8H2,1H3,(H,17,18). The van der Waals surface area contributed by atoms with E-state index in [-0.39, 0.29) is 5.75 Å². The quantitative estimate of drug-likeness (QED) is 0.904. The van der Waals surface area contributed by atoms with Gasteiger partial charge in [-0.05, 0) is 30.7 Å². The number of hydrogen-bond donors (Lipinski definition) is 1. The Balaban J connectivity index is 2.05. The molecule has 0 aliphatic rings. The van der Waals surface area contributed by atoms with Crippen molar-refractivity contribution in [2.75, 3.05) is 5.32 Å². The predicted octanol–water partition coefficient (Wildman–Crippen LogP) is 3.94. The third-order valence-corrected chi connectivity index (χ3v) is 2.52. The van der Waals surface area contributed by atoms with Crippen LogP contribution in [0.5, 0.6) is 5.75 Å². The highest BCUT2D eigenvalue weighted by atomic mass is 19.4. The van der Waals surface area contributed by atoms with Crippen molar-refractivity contribution >= 4 is 11.6 Å². The van der Waals surface area contributed by atoms with Gasteiger partial charge in [-0.25, -0.2) is 4.98 Å². The molecule has 20 heavy (non-hydrogen) atoms. The summed E-state index contributed by atoms with van der Waals surface area (Å²) in [6.07, 6.45) is -0.207. The topological polar surface area (TPSA) is 39.1 Å². The van der Waals surface area contributed by atoms with Gasteiger partial charge in [0.25, 0.3) is 0 Å². The zero-order valence-electron chi connectivity index (χ0n) is 10.8. The minimum absolute atomic E-state index is 0.250. The van der Waals surface area contributed by atoms with Gasteiger partial charge in [-0.15, -0.1) is 13.2 Å². The van der Waals surface area contributed by atoms with Crippen LogP contribution in [0.25, 0.3) is 0 Å². The lowest BCUT2D eigenvalue weighted by atomic mass is 10.3. The molecule has 0 amide bonds. The zero-order valence-corrected chi connectivity index (χ0v) is 10.8. The largest absolute Gasteiger partial charge is 0.573 e. The summed E-state index contributed by atoms with van der Waals surface area (Å²) < 4.78 is 41.8. The maximum absolute atomic E-state index is 12.0. The zero-order chi connectivity index (χ0) is 14.6. The molecule has 0 saturated carbocycles. The number of rotatable bonds is 5. The first kappa shape index (κ1) is 14.2. The molecule has 0 saturated heterocycles. The number of aryl methyl sites for hydroxylation is 1. The van der Waals surface area contributed by atoms with E-state index in [1.165, 1.54) is 24.3 Å². The molecule has 1 N–H and O–H groups in total. The van der Waals surface area contributed by atoms with Gasteiger partial charge in [-0.3, -0.25) is 0 Å². The van der Waals surface area contributed by atoms with Gasteiger partial charge in [0.1, 0.15) is 5.75 Å². The lowest BCUT2D eigenvalue weighted by Gasteiger charge is -2.11. The summed E-state index contributed by atoms with van der Waals surface area (Å²) in [4.78, 5) is 4.15. The number of anilines is 2. The fraction of sp³-hybridized carbons (Fsp3) is 0.308. The predicted molar refractivity (Wildman–Crippen MR) is 68.9 cm³/mol. The van der Waals surface area contributed by atoms with Crippen LogP contribution in [0.1, 0.15) is 13.3 Å². The molecule has 1 aromatic heterocycles. The molecule has 108 valence electrons. The number of halogens is 3. The molecular weight excluding hydrogens is 271 g/mol. The van der Waals surface area contributed by atoms with E-state index in [9.17, 15) is 13.2 Å². The number of imidazole rings is 1. The Morgan fingerprint density at radius 1 is 1.25 bits per heavy atom. The van der Waals surface area contributed by atoms with Crippen LogP contribution in [0.4, 0.5) is 24.8 Å². The number of hydrogen-bond acceptors (Lipinski definition) is 3. The normalized spacial score (nSPS) is 11.4. The number of nitrogens with one attached hydrogen (secondary N) is 1. The van der Waals surface area contributed by atoms with Crippen molar-refractivity contribution in [2.45, 2.75) is 26.3 Å². The van der Waals surface area contributed by atoms with Gasteiger partial charge >= 0.3 is 6.36 Å². The Hall–Kier alpha value is -2.18. The smallest absolute Gasteiger partial charge is 0.406 e. The molecule has 0 unspecified atom stereocenters. The summed E-state index contributed by atoms with van der Waals surface area (Å²) in [5.74, 6) is 0.399. The highest BCUT2D eigenvalue weighted by Crippen LogP contribution is 2.25. The Labute approximate surface area is 114 Å². The van der Waals surface area contributed by atoms with E-state index in [0.717, 1.165) is 13.0 Å². The van der Waals surface area contributed by atoms with Crippen molar-refractivity contribution in [3.8, 4) is 5.75 Å². The van der Waals surface area contributed by atoms with Crippen molar-refractivity contribution < 1.29 is 17.9 Å². The first-order chi connectivity index (χ1) is 9.48. The lowest BCUT2D eigenvalue weighted by molar-refractivity contribution is -0.274. The van der Waals surface area contributed by atoms with E-state index < -0.39 is 6.36 Å². The van der Waals surface area contributed by atoms with E-state index in [0.29, 0.717) is 11.6 Å². The van der Waals surface area contributed by atoms with Gasteiger partial charge in [-0.1, -0.05) is 6.92 Å². The fourth-order valence-corrected chi connectivity index (χ4v) is 1.72.